The van der Waals surface area contributed by atoms with Gasteiger partial charge in [0.15, 0.2) is 11.5 Å². The molecule has 2 heterocycles. The maximum atomic E-state index is 11.7. The van der Waals surface area contributed by atoms with Crippen molar-refractivity contribution in [3.05, 3.63) is 22.7 Å². The van der Waals surface area contributed by atoms with Crippen LogP contribution in [0.1, 0.15) is 11.6 Å². The van der Waals surface area contributed by atoms with E-state index in [1.54, 1.807) is 12.1 Å². The van der Waals surface area contributed by atoms with Gasteiger partial charge in [-0.15, -0.1) is 0 Å². The molecule has 0 bridgehead atoms. The molecule has 1 aromatic rings. The molecule has 3 rings (SSSR count). The molecule has 1 atom stereocenters. The summed E-state index contributed by atoms with van der Waals surface area (Å²) in [5, 5.41) is 6.41. The van der Waals surface area contributed by atoms with E-state index in [2.05, 4.69) is 10.6 Å². The first-order valence-electron chi connectivity index (χ1n) is 5.36. The maximum Gasteiger partial charge on any atom is 0.241 e. The quantitative estimate of drug-likeness (QED) is 0.779. The number of benzene rings is 1. The Balaban J connectivity index is 1.98. The number of rotatable bonds is 1. The van der Waals surface area contributed by atoms with E-state index in [9.17, 15) is 4.79 Å². The van der Waals surface area contributed by atoms with E-state index in [0.29, 0.717) is 23.1 Å². The summed E-state index contributed by atoms with van der Waals surface area (Å²) in [4.78, 5) is 11.7. The molecule has 0 radical (unpaired) electrons. The van der Waals surface area contributed by atoms with E-state index >= 15 is 0 Å². The molecule has 1 aromatic carbocycles. The van der Waals surface area contributed by atoms with Crippen LogP contribution in [0.15, 0.2) is 12.1 Å². The number of hydrogen-bond donors (Lipinski definition) is 2. The van der Waals surface area contributed by atoms with Gasteiger partial charge in [-0.1, -0.05) is 11.6 Å². The molecule has 90 valence electrons. The molecule has 0 aliphatic carbocycles. The minimum Gasteiger partial charge on any atom is -0.454 e. The van der Waals surface area contributed by atoms with Crippen molar-refractivity contribution in [3.63, 3.8) is 0 Å². The maximum absolute atomic E-state index is 11.7. The summed E-state index contributed by atoms with van der Waals surface area (Å²) in [6.07, 6.45) is 0. The lowest BCUT2D eigenvalue weighted by molar-refractivity contribution is -0.124. The minimum atomic E-state index is -0.379. The van der Waals surface area contributed by atoms with E-state index in [4.69, 9.17) is 21.1 Å². The van der Waals surface area contributed by atoms with Crippen molar-refractivity contribution < 1.29 is 14.3 Å². The van der Waals surface area contributed by atoms with Crippen LogP contribution in [0.3, 0.4) is 0 Å². The van der Waals surface area contributed by atoms with Crippen molar-refractivity contribution >= 4 is 17.5 Å². The van der Waals surface area contributed by atoms with Gasteiger partial charge in [-0.3, -0.25) is 4.79 Å². The summed E-state index contributed by atoms with van der Waals surface area (Å²) in [6.45, 7) is 1.55. The number of nitrogens with one attached hydrogen (secondary N) is 2. The van der Waals surface area contributed by atoms with E-state index in [1.807, 2.05) is 0 Å². The molecule has 0 spiro atoms. The lowest BCUT2D eigenvalue weighted by atomic mass is 10.0. The van der Waals surface area contributed by atoms with Crippen molar-refractivity contribution in [2.24, 2.45) is 0 Å². The molecule has 1 saturated heterocycles. The summed E-state index contributed by atoms with van der Waals surface area (Å²) in [6, 6.07) is 3.14. The van der Waals surface area contributed by atoms with Gasteiger partial charge >= 0.3 is 0 Å². The Hall–Kier alpha value is -1.46. The Bertz CT molecular complexity index is 478. The SMILES string of the molecule is O=C1NCCNC1c1cc(Cl)c2c(c1)OCO2. The average molecular weight is 255 g/mol. The Kier molecular flexibility index (Phi) is 2.57. The number of fused-ring (bicyclic) bond motifs is 1. The summed E-state index contributed by atoms with van der Waals surface area (Å²) >= 11 is 6.08. The number of piperazine rings is 1. The second-order valence-electron chi connectivity index (χ2n) is 3.91. The van der Waals surface area contributed by atoms with E-state index in [1.165, 1.54) is 0 Å². The van der Waals surface area contributed by atoms with Gasteiger partial charge in [-0.2, -0.15) is 0 Å². The van der Waals surface area contributed by atoms with Crippen molar-refractivity contribution in [1.29, 1.82) is 0 Å². The monoisotopic (exact) mass is 254 g/mol. The number of ether oxygens (including phenoxy) is 2. The molecule has 5 nitrogen and oxygen atoms in total. The Morgan fingerprint density at radius 3 is 3.00 bits per heavy atom. The topological polar surface area (TPSA) is 59.6 Å². The Morgan fingerprint density at radius 2 is 2.18 bits per heavy atom. The summed E-state index contributed by atoms with van der Waals surface area (Å²) < 4.78 is 10.5. The van der Waals surface area contributed by atoms with Gasteiger partial charge in [0, 0.05) is 13.1 Å². The second-order valence-corrected chi connectivity index (χ2v) is 4.32. The van der Waals surface area contributed by atoms with Gasteiger partial charge in [-0.25, -0.2) is 0 Å². The minimum absolute atomic E-state index is 0.0498. The normalized spacial score (nSPS) is 22.4. The highest BCUT2D eigenvalue weighted by Crippen LogP contribution is 2.41. The van der Waals surface area contributed by atoms with Crippen molar-refractivity contribution in [1.82, 2.24) is 10.6 Å². The summed E-state index contributed by atoms with van der Waals surface area (Å²) in [7, 11) is 0. The molecule has 0 saturated carbocycles. The van der Waals surface area contributed by atoms with E-state index < -0.39 is 0 Å². The van der Waals surface area contributed by atoms with Crippen LogP contribution in [-0.2, 0) is 4.79 Å². The lowest BCUT2D eigenvalue weighted by Crippen LogP contribution is -2.47. The molecule has 2 aliphatic heterocycles. The molecule has 17 heavy (non-hydrogen) atoms. The molecule has 6 heteroatoms. The average Bonchev–Trinajstić information content (AvgIpc) is 2.78. The first-order chi connectivity index (χ1) is 8.25. The van der Waals surface area contributed by atoms with Crippen LogP contribution in [0.25, 0.3) is 0 Å². The van der Waals surface area contributed by atoms with Gasteiger partial charge in [0.05, 0.1) is 5.02 Å². The first kappa shape index (κ1) is 10.7. The third kappa shape index (κ3) is 1.81. The van der Waals surface area contributed by atoms with Crippen molar-refractivity contribution in [2.75, 3.05) is 19.9 Å². The Labute approximate surface area is 103 Å². The predicted molar refractivity (Wildman–Crippen MR) is 61.3 cm³/mol. The van der Waals surface area contributed by atoms with Crippen LogP contribution in [-0.4, -0.2) is 25.8 Å². The predicted octanol–water partition coefficient (Wildman–Crippen LogP) is 0.829. The molecular weight excluding hydrogens is 244 g/mol. The summed E-state index contributed by atoms with van der Waals surface area (Å²) in [5.41, 5.74) is 0.788. The van der Waals surface area contributed by atoms with Crippen LogP contribution < -0.4 is 20.1 Å². The Morgan fingerprint density at radius 1 is 1.29 bits per heavy atom. The fraction of sp³-hybridized carbons (Fsp3) is 0.364. The molecule has 2 aliphatic rings. The number of carbonyl (C=O) groups is 1. The zero-order chi connectivity index (χ0) is 11.8. The number of halogens is 1. The fourth-order valence-corrected chi connectivity index (χ4v) is 2.29. The molecule has 1 amide bonds. The summed E-state index contributed by atoms with van der Waals surface area (Å²) in [5.74, 6) is 1.09. The number of hydrogen-bond acceptors (Lipinski definition) is 4. The highest BCUT2D eigenvalue weighted by atomic mass is 35.5. The highest BCUT2D eigenvalue weighted by Gasteiger charge is 2.27. The molecule has 0 aromatic heterocycles. The third-order valence-corrected chi connectivity index (χ3v) is 3.10. The molecular formula is C11H11ClN2O3. The standard InChI is InChI=1S/C11H11ClN2O3/c12-7-3-6(4-8-10(7)17-5-16-8)9-11(15)14-2-1-13-9/h3-4,9,13H,1-2,5H2,(H,14,15). The van der Waals surface area contributed by atoms with Gasteiger partial charge in [-0.05, 0) is 17.7 Å². The van der Waals surface area contributed by atoms with Gasteiger partial charge in [0.2, 0.25) is 12.7 Å². The first-order valence-corrected chi connectivity index (χ1v) is 5.73. The molecule has 1 fully saturated rings. The van der Waals surface area contributed by atoms with Gasteiger partial charge in [0.25, 0.3) is 0 Å². The van der Waals surface area contributed by atoms with Crippen LogP contribution in [0.4, 0.5) is 0 Å². The van der Waals surface area contributed by atoms with Crippen LogP contribution in [0, 0.1) is 0 Å². The number of amides is 1. The van der Waals surface area contributed by atoms with Crippen LogP contribution >= 0.6 is 11.6 Å². The fourth-order valence-electron chi connectivity index (χ4n) is 2.02. The largest absolute Gasteiger partial charge is 0.454 e. The second kappa shape index (κ2) is 4.09. The van der Waals surface area contributed by atoms with E-state index in [0.717, 1.165) is 12.1 Å². The number of carbonyl (C=O) groups excluding carboxylic acids is 1. The van der Waals surface area contributed by atoms with Crippen molar-refractivity contribution in [3.8, 4) is 11.5 Å². The van der Waals surface area contributed by atoms with Crippen LogP contribution in [0.5, 0.6) is 11.5 Å². The zero-order valence-electron chi connectivity index (χ0n) is 8.96. The van der Waals surface area contributed by atoms with Crippen LogP contribution in [0.2, 0.25) is 5.02 Å². The van der Waals surface area contributed by atoms with Gasteiger partial charge in [0.1, 0.15) is 6.04 Å². The molecule has 1 unspecified atom stereocenters. The molecule has 2 N–H and O–H groups in total. The van der Waals surface area contributed by atoms with Crippen molar-refractivity contribution in [2.45, 2.75) is 6.04 Å². The van der Waals surface area contributed by atoms with Gasteiger partial charge < -0.3 is 20.1 Å². The van der Waals surface area contributed by atoms with E-state index in [-0.39, 0.29) is 18.7 Å². The smallest absolute Gasteiger partial charge is 0.241 e. The lowest BCUT2D eigenvalue weighted by Gasteiger charge is -2.24. The highest BCUT2D eigenvalue weighted by molar-refractivity contribution is 6.32. The third-order valence-electron chi connectivity index (χ3n) is 2.82. The zero-order valence-corrected chi connectivity index (χ0v) is 9.71.